The summed E-state index contributed by atoms with van der Waals surface area (Å²) >= 11 is 6.15. The van der Waals surface area contributed by atoms with E-state index in [1.165, 1.54) is 12.2 Å². The Bertz CT molecular complexity index is 685. The number of thioether (sulfide) groups is 1. The molecule has 0 aromatic heterocycles. The van der Waals surface area contributed by atoms with Crippen LogP contribution in [0.15, 0.2) is 36.4 Å². The zero-order valence-corrected chi connectivity index (χ0v) is 14.6. The van der Waals surface area contributed by atoms with Gasteiger partial charge in [0, 0.05) is 23.3 Å². The topological polar surface area (TPSA) is 66.5 Å². The Morgan fingerprint density at radius 3 is 2.09 bits per heavy atom. The summed E-state index contributed by atoms with van der Waals surface area (Å²) in [5, 5.41) is 2.93. The average molecular weight is 348 g/mol. The molecule has 1 aromatic carbocycles. The van der Waals surface area contributed by atoms with Gasteiger partial charge in [0.2, 0.25) is 5.12 Å². The van der Waals surface area contributed by atoms with Crippen LogP contribution < -0.4 is 10.2 Å². The number of benzene rings is 1. The fourth-order valence-corrected chi connectivity index (χ4v) is 2.72. The number of rotatable bonds is 2. The second-order valence-electron chi connectivity index (χ2n) is 5.94. The number of amides is 2. The largest absolute Gasteiger partial charge is 0.341 e. The van der Waals surface area contributed by atoms with Crippen LogP contribution >= 0.6 is 24.0 Å². The number of nitrogens with zero attached hydrogens (tertiary/aromatic N) is 1. The number of nitrogens with one attached hydrogen (secondary N) is 1. The SMILES string of the molecule is CC(C)(C)C(=O)SC(=S)Nc1ccc(N2C(=O)C=CC2=O)cc1. The molecule has 0 bridgehead atoms. The van der Waals surface area contributed by atoms with E-state index in [1.54, 1.807) is 24.3 Å². The predicted molar refractivity (Wildman–Crippen MR) is 96.3 cm³/mol. The van der Waals surface area contributed by atoms with Crippen molar-refractivity contribution < 1.29 is 14.4 Å². The van der Waals surface area contributed by atoms with Crippen molar-refractivity contribution in [3.63, 3.8) is 0 Å². The third-order valence-corrected chi connectivity index (χ3v) is 4.42. The van der Waals surface area contributed by atoms with Crippen LogP contribution in [0, 0.1) is 5.41 Å². The molecule has 2 amide bonds. The molecule has 1 aromatic rings. The van der Waals surface area contributed by atoms with E-state index in [4.69, 9.17) is 12.2 Å². The summed E-state index contributed by atoms with van der Waals surface area (Å²) in [6, 6.07) is 6.68. The van der Waals surface area contributed by atoms with E-state index in [9.17, 15) is 14.4 Å². The molecule has 0 aliphatic carbocycles. The van der Waals surface area contributed by atoms with Crippen LogP contribution in [0.2, 0.25) is 0 Å². The molecule has 0 atom stereocenters. The van der Waals surface area contributed by atoms with E-state index in [1.807, 2.05) is 20.8 Å². The number of imide groups is 1. The molecule has 0 saturated carbocycles. The van der Waals surface area contributed by atoms with Crippen molar-refractivity contribution in [1.29, 1.82) is 0 Å². The third kappa shape index (κ3) is 4.27. The van der Waals surface area contributed by atoms with Gasteiger partial charge in [-0.05, 0) is 36.0 Å². The lowest BCUT2D eigenvalue weighted by atomic mass is 10.00. The van der Waals surface area contributed by atoms with Gasteiger partial charge in [0.15, 0.2) is 0 Å². The Balaban J connectivity index is 2.01. The van der Waals surface area contributed by atoms with Gasteiger partial charge in [-0.2, -0.15) is 0 Å². The maximum absolute atomic E-state index is 11.9. The molecule has 120 valence electrons. The van der Waals surface area contributed by atoms with Gasteiger partial charge >= 0.3 is 0 Å². The Kier molecular flexibility index (Phi) is 5.01. The monoisotopic (exact) mass is 348 g/mol. The number of hydrogen-bond acceptors (Lipinski definition) is 5. The summed E-state index contributed by atoms with van der Waals surface area (Å²) in [5.41, 5.74) is 0.698. The van der Waals surface area contributed by atoms with Gasteiger partial charge in [-0.25, -0.2) is 4.90 Å². The Morgan fingerprint density at radius 1 is 1.09 bits per heavy atom. The molecule has 5 nitrogen and oxygen atoms in total. The minimum atomic E-state index is -0.469. The van der Waals surface area contributed by atoms with E-state index >= 15 is 0 Å². The second kappa shape index (κ2) is 6.64. The maximum atomic E-state index is 11.9. The third-order valence-electron chi connectivity index (χ3n) is 2.98. The molecule has 0 fully saturated rings. The summed E-state index contributed by atoms with van der Waals surface area (Å²) in [4.78, 5) is 36.2. The van der Waals surface area contributed by atoms with Crippen LogP contribution in [-0.2, 0) is 14.4 Å². The van der Waals surface area contributed by atoms with Gasteiger partial charge in [0.05, 0.1) is 5.69 Å². The minimum Gasteiger partial charge on any atom is -0.341 e. The predicted octanol–water partition coefficient (Wildman–Crippen LogP) is 3.12. The zero-order valence-electron chi connectivity index (χ0n) is 13.0. The minimum absolute atomic E-state index is 0.0223. The van der Waals surface area contributed by atoms with Crippen molar-refractivity contribution in [3.05, 3.63) is 36.4 Å². The normalized spacial score (nSPS) is 14.3. The van der Waals surface area contributed by atoms with Crippen LogP contribution in [0.1, 0.15) is 20.8 Å². The van der Waals surface area contributed by atoms with Crippen molar-refractivity contribution in [2.45, 2.75) is 20.8 Å². The van der Waals surface area contributed by atoms with Gasteiger partial charge < -0.3 is 5.32 Å². The summed E-state index contributed by atoms with van der Waals surface area (Å²) in [7, 11) is 0. The molecule has 1 heterocycles. The summed E-state index contributed by atoms with van der Waals surface area (Å²) in [5.74, 6) is -0.727. The fourth-order valence-electron chi connectivity index (χ4n) is 1.73. The lowest BCUT2D eigenvalue weighted by Crippen LogP contribution is -2.29. The van der Waals surface area contributed by atoms with Gasteiger partial charge in [0.25, 0.3) is 11.8 Å². The number of carbonyl (C=O) groups excluding carboxylic acids is 3. The molecule has 1 aliphatic rings. The first-order valence-corrected chi connectivity index (χ1v) is 8.10. The van der Waals surface area contributed by atoms with E-state index < -0.39 is 5.41 Å². The van der Waals surface area contributed by atoms with Crippen LogP contribution in [0.4, 0.5) is 11.4 Å². The van der Waals surface area contributed by atoms with Crippen LogP contribution in [-0.4, -0.2) is 21.3 Å². The number of thiocarbonyl (C=S) groups is 1. The molecule has 23 heavy (non-hydrogen) atoms. The highest BCUT2D eigenvalue weighted by Gasteiger charge is 2.25. The molecule has 7 heteroatoms. The molecule has 0 spiro atoms. The van der Waals surface area contributed by atoms with Gasteiger partial charge in [-0.3, -0.25) is 14.4 Å². The second-order valence-corrected chi connectivity index (χ2v) is 7.59. The summed E-state index contributed by atoms with van der Waals surface area (Å²) in [6.45, 7) is 5.49. The molecule has 0 saturated heterocycles. The van der Waals surface area contributed by atoms with Crippen molar-refractivity contribution in [2.75, 3.05) is 10.2 Å². The lowest BCUT2D eigenvalue weighted by molar-refractivity contribution is -0.120. The van der Waals surface area contributed by atoms with Gasteiger partial charge in [0.1, 0.15) is 4.32 Å². The van der Waals surface area contributed by atoms with Crippen molar-refractivity contribution in [2.24, 2.45) is 5.41 Å². The van der Waals surface area contributed by atoms with Crippen LogP contribution in [0.3, 0.4) is 0 Å². The van der Waals surface area contributed by atoms with E-state index in [0.717, 1.165) is 16.7 Å². The van der Waals surface area contributed by atoms with Gasteiger partial charge in [-0.1, -0.05) is 33.0 Å². The van der Waals surface area contributed by atoms with E-state index in [0.29, 0.717) is 15.7 Å². The summed E-state index contributed by atoms with van der Waals surface area (Å²) in [6.07, 6.45) is 2.47. The number of hydrogen-bond donors (Lipinski definition) is 1. The first kappa shape index (κ1) is 17.4. The Hall–Kier alpha value is -1.99. The Morgan fingerprint density at radius 2 is 1.61 bits per heavy atom. The highest BCUT2D eigenvalue weighted by atomic mass is 32.2. The first-order chi connectivity index (χ1) is 10.7. The number of anilines is 2. The van der Waals surface area contributed by atoms with E-state index in [2.05, 4.69) is 5.32 Å². The molecule has 1 aliphatic heterocycles. The molecular weight excluding hydrogens is 332 g/mol. The molecule has 1 N–H and O–H groups in total. The van der Waals surface area contributed by atoms with Gasteiger partial charge in [-0.15, -0.1) is 0 Å². The summed E-state index contributed by atoms with van der Waals surface area (Å²) < 4.78 is 0.354. The first-order valence-electron chi connectivity index (χ1n) is 6.88. The standard InChI is InChI=1S/C16H16N2O3S2/c1-16(2,3)14(21)23-15(22)17-10-4-6-11(7-5-10)18-12(19)8-9-13(18)20/h4-9H,1-3H3,(H,17,22). The van der Waals surface area contributed by atoms with Crippen molar-refractivity contribution in [3.8, 4) is 0 Å². The molecule has 0 unspecified atom stereocenters. The maximum Gasteiger partial charge on any atom is 0.258 e. The number of carbonyl (C=O) groups is 3. The molecule has 2 rings (SSSR count). The highest BCUT2D eigenvalue weighted by Crippen LogP contribution is 2.26. The zero-order chi connectivity index (χ0) is 17.2. The van der Waals surface area contributed by atoms with Crippen LogP contribution in [0.5, 0.6) is 0 Å². The molecular formula is C16H16N2O3S2. The molecule has 0 radical (unpaired) electrons. The highest BCUT2D eigenvalue weighted by molar-refractivity contribution is 8.33. The van der Waals surface area contributed by atoms with Crippen molar-refractivity contribution in [1.82, 2.24) is 0 Å². The fraction of sp³-hybridized carbons (Fsp3) is 0.250. The smallest absolute Gasteiger partial charge is 0.258 e. The van der Waals surface area contributed by atoms with E-state index in [-0.39, 0.29) is 16.9 Å². The van der Waals surface area contributed by atoms with Crippen molar-refractivity contribution >= 4 is 56.6 Å². The van der Waals surface area contributed by atoms with Crippen LogP contribution in [0.25, 0.3) is 0 Å². The average Bonchev–Trinajstić information content (AvgIpc) is 2.78. The quantitative estimate of drug-likeness (QED) is 0.654. The Labute approximate surface area is 144 Å². The lowest BCUT2D eigenvalue weighted by Gasteiger charge is -2.17.